The average Bonchev–Trinajstić information content (AvgIpc) is 3.03. The lowest BCUT2D eigenvalue weighted by atomic mass is 10.3. The second kappa shape index (κ2) is 32.7. The van der Waals surface area contributed by atoms with Gasteiger partial charge in [0.25, 0.3) is 0 Å². The summed E-state index contributed by atoms with van der Waals surface area (Å²) < 4.78 is 10.7. The number of nitrogens with zero attached hydrogens (tertiary/aromatic N) is 1. The van der Waals surface area contributed by atoms with Crippen LogP contribution in [0, 0.1) is 0 Å². The molecule has 0 fully saturated rings. The maximum Gasteiger partial charge on any atom is 0.314 e. The minimum absolute atomic E-state index is 0.0889. The van der Waals surface area contributed by atoms with Crippen LogP contribution in [0.4, 0.5) is 0 Å². The molecule has 244 valence electrons. The highest BCUT2D eigenvalue weighted by Crippen LogP contribution is 2.05. The van der Waals surface area contributed by atoms with E-state index in [-0.39, 0.29) is 25.2 Å². The maximum atomic E-state index is 12.3. The summed E-state index contributed by atoms with van der Waals surface area (Å²) in [5.74, 6) is -0.605. The van der Waals surface area contributed by atoms with Crippen LogP contribution in [-0.2, 0) is 19.1 Å². The van der Waals surface area contributed by atoms with Crippen LogP contribution < -0.4 is 0 Å². The lowest BCUT2D eigenvalue weighted by Crippen LogP contribution is -2.14. The van der Waals surface area contributed by atoms with Gasteiger partial charge in [-0.2, -0.15) is 0 Å². The molecular formula is C41H51NO4. The molecule has 0 aromatic heterocycles. The van der Waals surface area contributed by atoms with E-state index in [4.69, 9.17) is 9.47 Å². The molecule has 46 heavy (non-hydrogen) atoms. The molecule has 5 heteroatoms. The van der Waals surface area contributed by atoms with Crippen LogP contribution in [0.2, 0.25) is 0 Å². The van der Waals surface area contributed by atoms with Crippen LogP contribution in [0.25, 0.3) is 0 Å². The Kier molecular flexibility index (Phi) is 29.1. The lowest BCUT2D eigenvalue weighted by Gasteiger charge is -2.12. The molecule has 0 radical (unpaired) electrons. The first-order valence-electron chi connectivity index (χ1n) is 15.4. The number of carbonyl (C=O) groups is 2. The summed E-state index contributed by atoms with van der Waals surface area (Å²) >= 11 is 0. The molecule has 0 rings (SSSR count). The van der Waals surface area contributed by atoms with E-state index in [9.17, 15) is 9.59 Å². The minimum Gasteiger partial charge on any atom is -0.457 e. The molecule has 0 aliphatic rings. The molecule has 0 aliphatic carbocycles. The fourth-order valence-electron chi connectivity index (χ4n) is 3.14. The second-order valence-electron chi connectivity index (χ2n) is 9.57. The highest BCUT2D eigenvalue weighted by Gasteiger charge is 2.09. The molecule has 0 spiro atoms. The Morgan fingerprint density at radius 3 is 1.28 bits per heavy atom. The van der Waals surface area contributed by atoms with Crippen LogP contribution in [0.15, 0.2) is 183 Å². The topological polar surface area (TPSA) is 55.8 Å². The highest BCUT2D eigenvalue weighted by molar-refractivity contribution is 5.73. The number of ether oxygens (including phenoxy) is 2. The van der Waals surface area contributed by atoms with Gasteiger partial charge in [-0.05, 0) is 25.7 Å². The van der Waals surface area contributed by atoms with Crippen LogP contribution >= 0.6 is 0 Å². The van der Waals surface area contributed by atoms with Crippen molar-refractivity contribution in [3.05, 3.63) is 183 Å². The Hall–Kier alpha value is -5.16. The predicted molar refractivity (Wildman–Crippen MR) is 197 cm³/mol. The van der Waals surface area contributed by atoms with Crippen molar-refractivity contribution in [2.75, 3.05) is 20.7 Å². The van der Waals surface area contributed by atoms with Gasteiger partial charge in [0, 0.05) is 20.3 Å². The van der Waals surface area contributed by atoms with E-state index in [2.05, 4.69) is 61.8 Å². The van der Waals surface area contributed by atoms with E-state index in [1.54, 1.807) is 61.7 Å². The van der Waals surface area contributed by atoms with Crippen molar-refractivity contribution < 1.29 is 19.1 Å². The first kappa shape index (κ1) is 40.8. The van der Waals surface area contributed by atoms with Crippen LogP contribution in [0.3, 0.4) is 0 Å². The summed E-state index contributed by atoms with van der Waals surface area (Å²) in [4.78, 5) is 26.1. The Morgan fingerprint density at radius 1 is 0.500 bits per heavy atom. The summed E-state index contributed by atoms with van der Waals surface area (Å²) in [6, 6.07) is 0. The molecule has 0 heterocycles. The summed E-state index contributed by atoms with van der Waals surface area (Å²) in [7, 11) is 3.59. The van der Waals surface area contributed by atoms with Crippen LogP contribution in [0.5, 0.6) is 0 Å². The Labute approximate surface area is 277 Å². The average molecular weight is 622 g/mol. The molecule has 5 nitrogen and oxygen atoms in total. The summed E-state index contributed by atoms with van der Waals surface area (Å²) in [5.41, 5.74) is 0. The van der Waals surface area contributed by atoms with Gasteiger partial charge in [0.05, 0.1) is 12.8 Å². The molecule has 0 aromatic rings. The number of carbonyl (C=O) groups excluding carboxylic acids is 2. The van der Waals surface area contributed by atoms with E-state index in [1.165, 1.54) is 0 Å². The molecule has 0 atom stereocenters. The summed E-state index contributed by atoms with van der Waals surface area (Å²) in [5, 5.41) is 0. The number of esters is 2. The van der Waals surface area contributed by atoms with Crippen molar-refractivity contribution >= 4 is 11.9 Å². The van der Waals surface area contributed by atoms with Crippen LogP contribution in [-0.4, -0.2) is 37.5 Å². The Bertz CT molecular complexity index is 1250. The molecule has 0 saturated carbocycles. The van der Waals surface area contributed by atoms with Crippen molar-refractivity contribution in [3.8, 4) is 0 Å². The minimum atomic E-state index is -0.443. The number of hydrogen-bond acceptors (Lipinski definition) is 5. The van der Waals surface area contributed by atoms with Gasteiger partial charge in [-0.15, -0.1) is 0 Å². The fraction of sp³-hybridized carbons (Fsp3) is 0.220. The van der Waals surface area contributed by atoms with E-state index in [0.717, 1.165) is 25.7 Å². The lowest BCUT2D eigenvalue weighted by molar-refractivity contribution is -0.146. The maximum absolute atomic E-state index is 12.3. The SMILES string of the molecule is C=CC=CCC=CCC=CC=CC=CC=CCC(=O)OCC(=CN(C)C)OC(=O)CC=CC=CC=CC=CCC=CCC=CC=C. The monoisotopic (exact) mass is 621 g/mol. The Balaban J connectivity index is 4.36. The molecular weight excluding hydrogens is 570 g/mol. The van der Waals surface area contributed by atoms with E-state index in [1.807, 2.05) is 72.9 Å². The van der Waals surface area contributed by atoms with Crippen molar-refractivity contribution in [2.45, 2.75) is 38.5 Å². The van der Waals surface area contributed by atoms with Gasteiger partial charge in [-0.3, -0.25) is 9.59 Å². The van der Waals surface area contributed by atoms with Crippen molar-refractivity contribution in [1.29, 1.82) is 0 Å². The third kappa shape index (κ3) is 31.8. The zero-order valence-electron chi connectivity index (χ0n) is 27.5. The van der Waals surface area contributed by atoms with Crippen molar-refractivity contribution in [1.82, 2.24) is 4.90 Å². The van der Waals surface area contributed by atoms with Crippen molar-refractivity contribution in [2.24, 2.45) is 0 Å². The van der Waals surface area contributed by atoms with Gasteiger partial charge in [0.15, 0.2) is 12.4 Å². The predicted octanol–water partition coefficient (Wildman–Crippen LogP) is 9.86. The molecule has 0 unspecified atom stereocenters. The van der Waals surface area contributed by atoms with Gasteiger partial charge in [-0.25, -0.2) is 0 Å². The van der Waals surface area contributed by atoms with E-state index in [0.29, 0.717) is 0 Å². The van der Waals surface area contributed by atoms with Gasteiger partial charge in [0.2, 0.25) is 0 Å². The molecule has 0 amide bonds. The van der Waals surface area contributed by atoms with Gasteiger partial charge >= 0.3 is 11.9 Å². The summed E-state index contributed by atoms with van der Waals surface area (Å²) in [6.07, 6.45) is 55.6. The molecule has 0 N–H and O–H groups in total. The van der Waals surface area contributed by atoms with Crippen molar-refractivity contribution in [3.63, 3.8) is 0 Å². The zero-order chi connectivity index (χ0) is 33.8. The first-order chi connectivity index (χ1) is 22.5. The van der Waals surface area contributed by atoms with Gasteiger partial charge < -0.3 is 14.4 Å². The highest BCUT2D eigenvalue weighted by atomic mass is 16.6. The fourth-order valence-corrected chi connectivity index (χ4v) is 3.14. The van der Waals surface area contributed by atoms with Crippen LogP contribution in [0.1, 0.15) is 38.5 Å². The molecule has 0 bridgehead atoms. The van der Waals surface area contributed by atoms with Gasteiger partial charge in [0.1, 0.15) is 0 Å². The third-order valence-electron chi connectivity index (χ3n) is 5.21. The Morgan fingerprint density at radius 2 is 0.870 bits per heavy atom. The number of allylic oxidation sites excluding steroid dienone is 24. The quantitative estimate of drug-likeness (QED) is 0.0465. The molecule has 0 saturated heterocycles. The smallest absolute Gasteiger partial charge is 0.314 e. The van der Waals surface area contributed by atoms with Gasteiger partial charge in [-0.1, -0.05) is 171 Å². The standard InChI is InChI=1S/C41H51NO4/c1-5-7-9-11-13-15-17-19-21-23-25-27-29-31-33-35-40(43)45-38-39(37-42(3)4)46-41(44)36-34-32-30-28-26-24-22-20-18-16-14-12-10-8-6-2/h5-10,13-16,19-34,37H,1-2,11-12,17-18,35-36,38H2,3-4H3. The van der Waals surface area contributed by atoms with E-state index < -0.39 is 11.9 Å². The molecule has 0 aliphatic heterocycles. The van der Waals surface area contributed by atoms with E-state index >= 15 is 0 Å². The normalized spacial score (nSPS) is 13.5. The number of rotatable bonds is 24. The second-order valence-corrected chi connectivity index (χ2v) is 9.57. The zero-order valence-corrected chi connectivity index (χ0v) is 27.5. The first-order valence-corrected chi connectivity index (χ1v) is 15.4. The number of hydrogen-bond donors (Lipinski definition) is 0. The largest absolute Gasteiger partial charge is 0.457 e. The molecule has 0 aromatic carbocycles. The summed E-state index contributed by atoms with van der Waals surface area (Å²) in [6.45, 7) is 7.14. The third-order valence-corrected chi connectivity index (χ3v) is 5.21.